The predicted molar refractivity (Wildman–Crippen MR) is 99.8 cm³/mol. The number of hydrogen-bond donors (Lipinski definition) is 0. The number of carbonyl (C=O) groups is 1. The highest BCUT2D eigenvalue weighted by Crippen LogP contribution is 2.28. The fourth-order valence-electron chi connectivity index (χ4n) is 2.62. The maximum absolute atomic E-state index is 11.0. The van der Waals surface area contributed by atoms with Crippen molar-refractivity contribution in [1.29, 1.82) is 0 Å². The summed E-state index contributed by atoms with van der Waals surface area (Å²) in [5.41, 5.74) is 5.33. The van der Waals surface area contributed by atoms with E-state index < -0.39 is 0 Å². The van der Waals surface area contributed by atoms with Gasteiger partial charge in [0.05, 0.1) is 0 Å². The number of benzene rings is 2. The maximum Gasteiger partial charge on any atom is 0.150 e. The normalized spacial score (nSPS) is 11.6. The third-order valence-electron chi connectivity index (χ3n) is 4.22. The van der Waals surface area contributed by atoms with Crippen molar-refractivity contribution in [3.8, 4) is 0 Å². The third kappa shape index (κ3) is 4.29. The Hall–Kier alpha value is -2.41. The average Bonchev–Trinajstić information content (AvgIpc) is 2.54. The smallest absolute Gasteiger partial charge is 0.150 e. The minimum Gasteiger partial charge on any atom is -0.298 e. The topological polar surface area (TPSA) is 17.1 Å². The van der Waals surface area contributed by atoms with Gasteiger partial charge in [-0.15, -0.1) is 6.58 Å². The van der Waals surface area contributed by atoms with Crippen molar-refractivity contribution in [2.75, 3.05) is 0 Å². The zero-order chi connectivity index (χ0) is 16.9. The molecular formula is C22H24O. The molecule has 0 radical (unpaired) electrons. The monoisotopic (exact) mass is 304 g/mol. The van der Waals surface area contributed by atoms with Gasteiger partial charge in [0.15, 0.2) is 0 Å². The van der Waals surface area contributed by atoms with E-state index in [1.807, 2.05) is 37.3 Å². The highest BCUT2D eigenvalue weighted by atomic mass is 16.1. The van der Waals surface area contributed by atoms with Crippen LogP contribution in [0.25, 0.3) is 12.2 Å². The summed E-state index contributed by atoms with van der Waals surface area (Å²) in [6, 6.07) is 14.5. The summed E-state index contributed by atoms with van der Waals surface area (Å²) in [5, 5.41) is 0. The van der Waals surface area contributed by atoms with Crippen LogP contribution >= 0.6 is 0 Å². The zero-order valence-electron chi connectivity index (χ0n) is 14.2. The summed E-state index contributed by atoms with van der Waals surface area (Å²) in [6.07, 6.45) is 7.96. The lowest BCUT2D eigenvalue weighted by Crippen LogP contribution is -2.15. The highest BCUT2D eigenvalue weighted by Gasteiger charge is 2.18. The molecule has 23 heavy (non-hydrogen) atoms. The van der Waals surface area contributed by atoms with Gasteiger partial charge in [-0.3, -0.25) is 4.79 Å². The van der Waals surface area contributed by atoms with Gasteiger partial charge in [0.1, 0.15) is 6.29 Å². The summed E-state index contributed by atoms with van der Waals surface area (Å²) < 4.78 is 0. The lowest BCUT2D eigenvalue weighted by molar-refractivity contribution is 0.112. The first-order valence-corrected chi connectivity index (χ1v) is 7.91. The number of aryl methyl sites for hydroxylation is 1. The Labute approximate surface area is 139 Å². The Bertz CT molecular complexity index is 735. The molecule has 0 atom stereocenters. The van der Waals surface area contributed by atoms with E-state index in [0.29, 0.717) is 0 Å². The van der Waals surface area contributed by atoms with Gasteiger partial charge in [-0.2, -0.15) is 0 Å². The Balaban J connectivity index is 2.26. The molecule has 0 bridgehead atoms. The Morgan fingerprint density at radius 2 is 1.74 bits per heavy atom. The molecule has 0 saturated carbocycles. The molecule has 2 aromatic carbocycles. The predicted octanol–water partition coefficient (Wildman–Crippen LogP) is 5.83. The molecule has 1 heteroatoms. The van der Waals surface area contributed by atoms with E-state index in [9.17, 15) is 4.79 Å². The largest absolute Gasteiger partial charge is 0.298 e. The van der Waals surface area contributed by atoms with E-state index in [2.05, 4.69) is 50.8 Å². The minimum atomic E-state index is 0.0835. The first kappa shape index (κ1) is 17.0. The van der Waals surface area contributed by atoms with Gasteiger partial charge in [-0.05, 0) is 47.1 Å². The van der Waals surface area contributed by atoms with Crippen LogP contribution in [-0.2, 0) is 5.41 Å². The van der Waals surface area contributed by atoms with E-state index in [1.165, 1.54) is 5.56 Å². The number of carbonyl (C=O) groups excluding carboxylic acids is 1. The summed E-state index contributed by atoms with van der Waals surface area (Å²) >= 11 is 0. The third-order valence-corrected chi connectivity index (χ3v) is 4.22. The van der Waals surface area contributed by atoms with Crippen molar-refractivity contribution in [2.45, 2.75) is 32.6 Å². The molecule has 0 unspecified atom stereocenters. The van der Waals surface area contributed by atoms with E-state index >= 15 is 0 Å². The van der Waals surface area contributed by atoms with Crippen LogP contribution in [0.4, 0.5) is 0 Å². The standard InChI is InChI=1S/C22H24O/c1-5-13-22(3,4)21-8-6-7-18(15-21)11-12-19-10-9-17(2)20(14-19)16-23/h5-12,14-16H,1,13H2,2-4H3. The average molecular weight is 304 g/mol. The van der Waals surface area contributed by atoms with Crippen molar-refractivity contribution in [3.63, 3.8) is 0 Å². The van der Waals surface area contributed by atoms with Gasteiger partial charge in [-0.1, -0.05) is 68.5 Å². The van der Waals surface area contributed by atoms with Crippen LogP contribution < -0.4 is 0 Å². The summed E-state index contributed by atoms with van der Waals surface area (Å²) in [4.78, 5) is 11.0. The van der Waals surface area contributed by atoms with E-state index in [4.69, 9.17) is 0 Å². The molecule has 1 nitrogen and oxygen atoms in total. The second-order valence-electron chi connectivity index (χ2n) is 6.57. The van der Waals surface area contributed by atoms with E-state index in [-0.39, 0.29) is 5.41 Å². The maximum atomic E-state index is 11.0. The first-order chi connectivity index (χ1) is 11.0. The van der Waals surface area contributed by atoms with Gasteiger partial charge in [0.2, 0.25) is 0 Å². The molecule has 0 heterocycles. The highest BCUT2D eigenvalue weighted by molar-refractivity contribution is 5.80. The molecule has 0 aliphatic rings. The van der Waals surface area contributed by atoms with Gasteiger partial charge in [-0.25, -0.2) is 0 Å². The quantitative estimate of drug-likeness (QED) is 0.373. The molecule has 0 amide bonds. The fourth-order valence-corrected chi connectivity index (χ4v) is 2.62. The zero-order valence-corrected chi connectivity index (χ0v) is 14.2. The summed E-state index contributed by atoms with van der Waals surface area (Å²) in [6.45, 7) is 10.3. The van der Waals surface area contributed by atoms with Crippen molar-refractivity contribution in [1.82, 2.24) is 0 Å². The van der Waals surface area contributed by atoms with Crippen LogP contribution in [0, 0.1) is 6.92 Å². The van der Waals surface area contributed by atoms with E-state index in [1.54, 1.807) is 0 Å². The van der Waals surface area contributed by atoms with Crippen LogP contribution in [0.15, 0.2) is 55.1 Å². The van der Waals surface area contributed by atoms with Crippen LogP contribution in [-0.4, -0.2) is 6.29 Å². The molecule has 0 N–H and O–H groups in total. The first-order valence-electron chi connectivity index (χ1n) is 7.91. The van der Waals surface area contributed by atoms with Crippen molar-refractivity contribution >= 4 is 18.4 Å². The van der Waals surface area contributed by atoms with Gasteiger partial charge in [0, 0.05) is 5.56 Å². The summed E-state index contributed by atoms with van der Waals surface area (Å²) in [7, 11) is 0. The van der Waals surface area contributed by atoms with Crippen LogP contribution in [0.3, 0.4) is 0 Å². The Kier molecular flexibility index (Phi) is 5.33. The second-order valence-corrected chi connectivity index (χ2v) is 6.57. The van der Waals surface area contributed by atoms with Crippen molar-refractivity contribution in [2.24, 2.45) is 0 Å². The number of aldehydes is 1. The molecule has 0 aliphatic heterocycles. The molecule has 0 aliphatic carbocycles. The van der Waals surface area contributed by atoms with E-state index in [0.717, 1.165) is 35.0 Å². The number of allylic oxidation sites excluding steroid dienone is 1. The van der Waals surface area contributed by atoms with Gasteiger partial charge < -0.3 is 0 Å². The van der Waals surface area contributed by atoms with Crippen LogP contribution in [0.2, 0.25) is 0 Å². The molecular weight excluding hydrogens is 280 g/mol. The second kappa shape index (κ2) is 7.23. The van der Waals surface area contributed by atoms with Crippen molar-refractivity contribution in [3.05, 3.63) is 82.9 Å². The lowest BCUT2D eigenvalue weighted by atomic mass is 9.81. The number of rotatable bonds is 6. The lowest BCUT2D eigenvalue weighted by Gasteiger charge is -2.23. The Morgan fingerprint density at radius 1 is 1.04 bits per heavy atom. The minimum absolute atomic E-state index is 0.0835. The van der Waals surface area contributed by atoms with Gasteiger partial charge >= 0.3 is 0 Å². The van der Waals surface area contributed by atoms with Crippen molar-refractivity contribution < 1.29 is 4.79 Å². The van der Waals surface area contributed by atoms with Crippen LogP contribution in [0.1, 0.15) is 52.9 Å². The molecule has 118 valence electrons. The molecule has 0 saturated heterocycles. The molecule has 0 aromatic heterocycles. The molecule has 2 aromatic rings. The summed E-state index contributed by atoms with van der Waals surface area (Å²) in [5.74, 6) is 0. The molecule has 0 fully saturated rings. The SMILES string of the molecule is C=CCC(C)(C)c1cccc(C=Cc2ccc(C)c(C=O)c2)c1. The molecule has 0 spiro atoms. The van der Waals surface area contributed by atoms with Crippen LogP contribution in [0.5, 0.6) is 0 Å². The fraction of sp³-hybridized carbons (Fsp3) is 0.227. The molecule has 2 rings (SSSR count). The number of hydrogen-bond acceptors (Lipinski definition) is 1. The van der Waals surface area contributed by atoms with Gasteiger partial charge in [0.25, 0.3) is 0 Å². The Morgan fingerprint density at radius 3 is 2.39 bits per heavy atom.